The molecule has 4 rings (SSSR count). The number of nitrogens with one attached hydrogen (secondary N) is 2. The molecule has 1 fully saturated rings. The van der Waals surface area contributed by atoms with Crippen molar-refractivity contribution in [2.45, 2.75) is 49.7 Å². The summed E-state index contributed by atoms with van der Waals surface area (Å²) in [5.41, 5.74) is 6.10. The first-order valence-corrected chi connectivity index (χ1v) is 12.5. The largest absolute Gasteiger partial charge is 0.492 e. The number of aliphatic imine (C=N–C) groups is 1. The van der Waals surface area contributed by atoms with Gasteiger partial charge in [0.25, 0.3) is 5.91 Å². The number of hydrogen-bond acceptors (Lipinski definition) is 7. The normalized spacial score (nSPS) is 30.0. The van der Waals surface area contributed by atoms with Gasteiger partial charge in [-0.2, -0.15) is 0 Å². The first-order valence-electron chi connectivity index (χ1n) is 10.9. The molecule has 0 radical (unpaired) electrons. The minimum Gasteiger partial charge on any atom is -0.492 e. The topological polar surface area (TPSA) is 122 Å². The first kappa shape index (κ1) is 23.5. The Kier molecular flexibility index (Phi) is 5.88. The molecule has 1 saturated heterocycles. The zero-order valence-electron chi connectivity index (χ0n) is 19.2. The number of amidine groups is 1. The van der Waals surface area contributed by atoms with E-state index in [0.29, 0.717) is 31.0 Å². The highest BCUT2D eigenvalue weighted by Gasteiger charge is 2.60. The number of hydrogen-bond donors (Lipinski definition) is 4. The highest BCUT2D eigenvalue weighted by Crippen LogP contribution is 2.67. The first-order chi connectivity index (χ1) is 15.5. The number of carbonyl (C=O) groups is 1. The second-order valence-corrected chi connectivity index (χ2v) is 12.0. The molecule has 1 aromatic carbocycles. The van der Waals surface area contributed by atoms with Gasteiger partial charge in [-0.05, 0) is 64.4 Å². The van der Waals surface area contributed by atoms with Crippen molar-refractivity contribution in [1.29, 1.82) is 0 Å². The van der Waals surface area contributed by atoms with E-state index in [2.05, 4.69) is 15.0 Å². The molecule has 2 aromatic rings. The van der Waals surface area contributed by atoms with Crippen molar-refractivity contribution in [2.75, 3.05) is 18.5 Å². The molecule has 1 aromatic heterocycles. The van der Waals surface area contributed by atoms with E-state index in [1.54, 1.807) is 25.1 Å². The van der Waals surface area contributed by atoms with E-state index in [1.165, 1.54) is 18.3 Å². The van der Waals surface area contributed by atoms with Gasteiger partial charge in [0.05, 0.1) is 22.8 Å². The number of pyridine rings is 1. The minimum absolute atomic E-state index is 0.205. The maximum atomic E-state index is 15.1. The van der Waals surface area contributed by atoms with Gasteiger partial charge in [-0.25, -0.2) is 9.37 Å². The molecular weight excluding hydrogens is 445 g/mol. The number of nitrogens with two attached hydrogens (primary N) is 1. The van der Waals surface area contributed by atoms with E-state index in [1.807, 2.05) is 20.8 Å². The van der Waals surface area contributed by atoms with Gasteiger partial charge in [-0.3, -0.25) is 14.5 Å². The lowest BCUT2D eigenvalue weighted by Gasteiger charge is -2.56. The molecule has 3 heterocycles. The third kappa shape index (κ3) is 3.75. The molecule has 8 nitrogen and oxygen atoms in total. The van der Waals surface area contributed by atoms with Crippen LogP contribution in [0, 0.1) is 5.82 Å². The van der Waals surface area contributed by atoms with Crippen LogP contribution >= 0.6 is 10.5 Å². The van der Waals surface area contributed by atoms with Crippen molar-refractivity contribution < 1.29 is 18.5 Å². The summed E-state index contributed by atoms with van der Waals surface area (Å²) in [7, 11) is -2.42. The summed E-state index contributed by atoms with van der Waals surface area (Å²) in [5.74, 6) is -0.0553. The molecule has 3 atom stereocenters. The fourth-order valence-electron chi connectivity index (χ4n) is 4.57. The third-order valence-corrected chi connectivity index (χ3v) is 10.5. The Morgan fingerprint density at radius 3 is 2.79 bits per heavy atom. The van der Waals surface area contributed by atoms with Crippen LogP contribution in [0.15, 0.2) is 41.5 Å². The molecule has 0 bridgehead atoms. The summed E-state index contributed by atoms with van der Waals surface area (Å²) in [6.07, 6.45) is 2.11. The average Bonchev–Trinajstić information content (AvgIpc) is 3.19. The highest BCUT2D eigenvalue weighted by atomic mass is 32.3. The summed E-state index contributed by atoms with van der Waals surface area (Å²) >= 11 is 0. The number of nitrogens with zero attached hydrogens (tertiary/aromatic N) is 2. The SMILES string of the molecule is CCOc1ccc(C(=O)Nc2ccc(F)c([C@@]3(C)N=C(N)C(C)(C)S4(O)NCCC34)c2)nc1. The van der Waals surface area contributed by atoms with Crippen LogP contribution in [0.5, 0.6) is 5.75 Å². The highest BCUT2D eigenvalue weighted by molar-refractivity contribution is 8.29. The Morgan fingerprint density at radius 2 is 2.12 bits per heavy atom. The number of benzene rings is 1. The van der Waals surface area contributed by atoms with Crippen molar-refractivity contribution >= 4 is 27.9 Å². The lowest BCUT2D eigenvalue weighted by Crippen LogP contribution is -2.57. The maximum absolute atomic E-state index is 15.1. The van der Waals surface area contributed by atoms with E-state index in [-0.39, 0.29) is 22.3 Å². The molecule has 10 heteroatoms. The van der Waals surface area contributed by atoms with Crippen LogP contribution in [0.4, 0.5) is 10.1 Å². The summed E-state index contributed by atoms with van der Waals surface area (Å²) in [5, 5.41) is 2.44. The fraction of sp³-hybridized carbons (Fsp3) is 0.435. The lowest BCUT2D eigenvalue weighted by atomic mass is 9.85. The number of carbonyl (C=O) groups excluding carboxylic acids is 1. The maximum Gasteiger partial charge on any atom is 0.274 e. The van der Waals surface area contributed by atoms with Crippen molar-refractivity contribution in [3.63, 3.8) is 0 Å². The molecule has 2 aliphatic heterocycles. The van der Waals surface area contributed by atoms with Gasteiger partial charge in [-0.15, -0.1) is 0 Å². The van der Waals surface area contributed by atoms with Crippen molar-refractivity contribution in [3.05, 3.63) is 53.6 Å². The number of halogens is 1. The van der Waals surface area contributed by atoms with E-state index >= 15 is 4.39 Å². The number of ether oxygens (including phenoxy) is 1. The number of aromatic nitrogens is 1. The van der Waals surface area contributed by atoms with Gasteiger partial charge in [0.2, 0.25) is 0 Å². The predicted molar refractivity (Wildman–Crippen MR) is 129 cm³/mol. The zero-order valence-corrected chi connectivity index (χ0v) is 20.0. The van der Waals surface area contributed by atoms with Gasteiger partial charge in [-0.1, -0.05) is 10.5 Å². The van der Waals surface area contributed by atoms with Crippen molar-refractivity contribution in [3.8, 4) is 5.75 Å². The van der Waals surface area contributed by atoms with Gasteiger partial charge < -0.3 is 20.3 Å². The second kappa shape index (κ2) is 8.27. The zero-order chi connectivity index (χ0) is 24.0. The predicted octanol–water partition coefficient (Wildman–Crippen LogP) is 3.79. The molecule has 2 aliphatic rings. The average molecular weight is 476 g/mol. The van der Waals surface area contributed by atoms with Crippen LogP contribution in [0.2, 0.25) is 0 Å². The standard InChI is InChI=1S/C23H30FN5O3S/c1-5-32-15-7-9-18(26-13-15)20(30)28-14-6-8-17(24)16(12-14)23(4)19-10-11-27-33(19,31)22(2,3)21(25)29-23/h6-9,12-13,19,27,31H,5,10-11H2,1-4H3,(H2,25,29)(H,28,30)/t19?,23-/m1/s1. The lowest BCUT2D eigenvalue weighted by molar-refractivity contribution is 0.102. The monoisotopic (exact) mass is 475 g/mol. The summed E-state index contributed by atoms with van der Waals surface area (Å²) in [6.45, 7) is 8.48. The fourth-order valence-corrected chi connectivity index (χ4v) is 7.94. The molecule has 33 heavy (non-hydrogen) atoms. The molecule has 0 saturated carbocycles. The Balaban J connectivity index is 1.67. The van der Waals surface area contributed by atoms with Gasteiger partial charge >= 0.3 is 0 Å². The Bertz CT molecular complexity index is 1110. The molecule has 2 unspecified atom stereocenters. The van der Waals surface area contributed by atoms with Gasteiger partial charge in [0.1, 0.15) is 28.6 Å². The molecule has 5 N–H and O–H groups in total. The van der Waals surface area contributed by atoms with Crippen LogP contribution in [0.3, 0.4) is 0 Å². The van der Waals surface area contributed by atoms with Crippen LogP contribution in [0.1, 0.15) is 50.2 Å². The Hall–Kier alpha value is -2.69. The van der Waals surface area contributed by atoms with Crippen molar-refractivity contribution in [2.24, 2.45) is 10.7 Å². The molecule has 0 aliphatic carbocycles. The van der Waals surface area contributed by atoms with E-state index < -0.39 is 32.5 Å². The second-order valence-electron chi connectivity index (χ2n) is 8.91. The Morgan fingerprint density at radius 1 is 1.36 bits per heavy atom. The molecule has 0 spiro atoms. The number of fused-ring (bicyclic) bond motifs is 1. The summed E-state index contributed by atoms with van der Waals surface area (Å²) in [6, 6.07) is 7.58. The van der Waals surface area contributed by atoms with E-state index in [0.717, 1.165) is 0 Å². The number of rotatable bonds is 5. The Labute approximate surface area is 194 Å². The number of amides is 1. The van der Waals surface area contributed by atoms with Gasteiger partial charge in [0, 0.05) is 17.8 Å². The quantitative estimate of drug-likeness (QED) is 0.522. The van der Waals surface area contributed by atoms with Crippen LogP contribution in [-0.4, -0.2) is 44.4 Å². The minimum atomic E-state index is -2.42. The van der Waals surface area contributed by atoms with Crippen LogP contribution in [-0.2, 0) is 5.54 Å². The van der Waals surface area contributed by atoms with Crippen molar-refractivity contribution in [1.82, 2.24) is 9.71 Å². The smallest absolute Gasteiger partial charge is 0.274 e. The van der Waals surface area contributed by atoms with Crippen LogP contribution < -0.4 is 20.5 Å². The van der Waals surface area contributed by atoms with Gasteiger partial charge in [0.15, 0.2) is 0 Å². The van der Waals surface area contributed by atoms with Crippen LogP contribution in [0.25, 0.3) is 0 Å². The van der Waals surface area contributed by atoms with E-state index in [9.17, 15) is 9.35 Å². The summed E-state index contributed by atoms with van der Waals surface area (Å²) in [4.78, 5) is 21.6. The third-order valence-electron chi connectivity index (χ3n) is 6.56. The van der Waals surface area contributed by atoms with E-state index in [4.69, 9.17) is 15.5 Å². The number of anilines is 1. The molecular formula is C23H30FN5O3S. The molecule has 1 amide bonds. The molecule has 178 valence electrons. The summed E-state index contributed by atoms with van der Waals surface area (Å²) < 4.78 is 34.6.